The first-order chi connectivity index (χ1) is 8.11. The normalized spacial score (nSPS) is 9.53. The van der Waals surface area contributed by atoms with Crippen LogP contribution in [0.3, 0.4) is 0 Å². The van der Waals surface area contributed by atoms with Gasteiger partial charge in [-0.1, -0.05) is 18.2 Å². The van der Waals surface area contributed by atoms with Crippen molar-refractivity contribution < 1.29 is 5.11 Å². The fraction of sp³-hybridized carbons (Fsp3) is 0.182. The molecule has 0 bridgehead atoms. The zero-order valence-corrected chi connectivity index (χ0v) is 10.0. The number of halogens is 1. The maximum absolute atomic E-state index is 8.57. The van der Waals surface area contributed by atoms with Gasteiger partial charge in [0, 0.05) is 17.3 Å². The maximum Gasteiger partial charge on any atom is 0.194 e. The van der Waals surface area contributed by atoms with Gasteiger partial charge in [-0.25, -0.2) is 0 Å². The third-order valence-electron chi connectivity index (χ3n) is 1.83. The number of aliphatic hydroxyl groups excluding tert-OH is 1. The Balaban J connectivity index is 2.39. The van der Waals surface area contributed by atoms with E-state index < -0.39 is 0 Å². The molecule has 0 spiro atoms. The van der Waals surface area contributed by atoms with Crippen molar-refractivity contribution in [3.8, 4) is 0 Å². The molecule has 0 aliphatic rings. The van der Waals surface area contributed by atoms with Crippen LogP contribution in [0.2, 0.25) is 5.02 Å². The lowest BCUT2D eigenvalue weighted by Crippen LogP contribution is -2.38. The number of hydrogen-bond donors (Lipinski definition) is 5. The van der Waals surface area contributed by atoms with E-state index >= 15 is 0 Å². The summed E-state index contributed by atoms with van der Waals surface area (Å²) in [4.78, 5) is 0. The molecule has 0 fully saturated rings. The van der Waals surface area contributed by atoms with Crippen molar-refractivity contribution in [1.82, 2.24) is 10.6 Å². The molecule has 1 aromatic carbocycles. The second kappa shape index (κ2) is 6.78. The number of rotatable bonds is 5. The number of hydrogen-bond acceptors (Lipinski definition) is 3. The van der Waals surface area contributed by atoms with Crippen LogP contribution < -0.4 is 16.0 Å². The minimum Gasteiger partial charge on any atom is -0.395 e. The number of anilines is 1. The van der Waals surface area contributed by atoms with Crippen LogP contribution in [-0.4, -0.2) is 24.2 Å². The quantitative estimate of drug-likeness (QED) is 0.406. The van der Waals surface area contributed by atoms with Gasteiger partial charge in [-0.2, -0.15) is 0 Å². The molecular formula is C11H15ClN4O. The molecule has 0 atom stereocenters. The van der Waals surface area contributed by atoms with Crippen LogP contribution in [0.5, 0.6) is 0 Å². The van der Waals surface area contributed by atoms with Crippen LogP contribution in [0.1, 0.15) is 0 Å². The van der Waals surface area contributed by atoms with Crippen LogP contribution in [-0.2, 0) is 0 Å². The average molecular weight is 255 g/mol. The topological polar surface area (TPSA) is 80.2 Å². The maximum atomic E-state index is 8.57. The Bertz CT molecular complexity index is 391. The van der Waals surface area contributed by atoms with E-state index in [1.165, 1.54) is 0 Å². The molecule has 0 amide bonds. The van der Waals surface area contributed by atoms with Crippen LogP contribution in [0.15, 0.2) is 36.7 Å². The largest absolute Gasteiger partial charge is 0.395 e. The molecule has 5 N–H and O–H groups in total. The summed E-state index contributed by atoms with van der Waals surface area (Å²) in [6.07, 6.45) is 0. The summed E-state index contributed by atoms with van der Waals surface area (Å²) in [5.41, 5.74) is 0.821. The first-order valence-electron chi connectivity index (χ1n) is 5.03. The smallest absolute Gasteiger partial charge is 0.194 e. The molecule has 0 heterocycles. The molecule has 6 heteroatoms. The third kappa shape index (κ3) is 5.24. The van der Waals surface area contributed by atoms with Crippen molar-refractivity contribution in [2.45, 2.75) is 0 Å². The fourth-order valence-electron chi connectivity index (χ4n) is 1.11. The van der Waals surface area contributed by atoms with Crippen LogP contribution in [0, 0.1) is 5.41 Å². The zero-order valence-electron chi connectivity index (χ0n) is 9.26. The monoisotopic (exact) mass is 254 g/mol. The van der Waals surface area contributed by atoms with Crippen LogP contribution >= 0.6 is 11.6 Å². The van der Waals surface area contributed by atoms with Gasteiger partial charge in [0.1, 0.15) is 5.82 Å². The summed E-state index contributed by atoms with van der Waals surface area (Å²) in [5.74, 6) is 0.535. The first kappa shape index (κ1) is 13.3. The summed E-state index contributed by atoms with van der Waals surface area (Å²) >= 11 is 5.76. The SMILES string of the molecule is C=C(NC(=N)NCCO)Nc1ccc(Cl)cc1. The summed E-state index contributed by atoms with van der Waals surface area (Å²) < 4.78 is 0. The summed E-state index contributed by atoms with van der Waals surface area (Å²) in [7, 11) is 0. The van der Waals surface area contributed by atoms with Crippen molar-refractivity contribution in [3.05, 3.63) is 41.7 Å². The van der Waals surface area contributed by atoms with Crippen molar-refractivity contribution >= 4 is 23.2 Å². The zero-order chi connectivity index (χ0) is 12.7. The number of benzene rings is 1. The lowest BCUT2D eigenvalue weighted by molar-refractivity contribution is 0.300. The standard InChI is InChI=1S/C11H15ClN4O/c1-8(16-11(13)14-6-7-17)15-10-4-2-9(12)3-5-10/h2-5,15,17H,1,6-7H2,(H3,13,14,16). The Morgan fingerprint density at radius 1 is 1.35 bits per heavy atom. The van der Waals surface area contributed by atoms with E-state index in [2.05, 4.69) is 22.5 Å². The number of aliphatic hydroxyl groups is 1. The van der Waals surface area contributed by atoms with E-state index in [1.54, 1.807) is 24.3 Å². The molecule has 0 aromatic heterocycles. The van der Waals surface area contributed by atoms with Crippen molar-refractivity contribution in [2.75, 3.05) is 18.5 Å². The van der Waals surface area contributed by atoms with E-state index in [4.69, 9.17) is 22.1 Å². The van der Waals surface area contributed by atoms with Crippen molar-refractivity contribution in [3.63, 3.8) is 0 Å². The van der Waals surface area contributed by atoms with Gasteiger partial charge in [0.2, 0.25) is 0 Å². The molecule has 92 valence electrons. The van der Waals surface area contributed by atoms with E-state index in [0.717, 1.165) is 5.69 Å². The lowest BCUT2D eigenvalue weighted by Gasteiger charge is -2.13. The van der Waals surface area contributed by atoms with Gasteiger partial charge in [-0.15, -0.1) is 0 Å². The minimum absolute atomic E-state index is 0.0266. The molecule has 0 radical (unpaired) electrons. The van der Waals surface area contributed by atoms with Crippen molar-refractivity contribution in [1.29, 1.82) is 5.41 Å². The van der Waals surface area contributed by atoms with Gasteiger partial charge in [-0.05, 0) is 24.3 Å². The first-order valence-corrected chi connectivity index (χ1v) is 5.41. The second-order valence-electron chi connectivity index (χ2n) is 3.26. The van der Waals surface area contributed by atoms with E-state index in [1.807, 2.05) is 0 Å². The van der Waals surface area contributed by atoms with Gasteiger partial charge in [-0.3, -0.25) is 5.41 Å². The molecule has 0 unspecified atom stereocenters. The Hall–Kier alpha value is -1.72. The van der Waals surface area contributed by atoms with Crippen LogP contribution in [0.25, 0.3) is 0 Å². The van der Waals surface area contributed by atoms with Gasteiger partial charge >= 0.3 is 0 Å². The Kier molecular flexibility index (Phi) is 5.32. The highest BCUT2D eigenvalue weighted by molar-refractivity contribution is 6.30. The summed E-state index contributed by atoms with van der Waals surface area (Å²) in [6, 6.07) is 7.12. The molecule has 0 aliphatic carbocycles. The van der Waals surface area contributed by atoms with Gasteiger partial charge in [0.25, 0.3) is 0 Å². The van der Waals surface area contributed by atoms with E-state index in [0.29, 0.717) is 17.4 Å². The minimum atomic E-state index is -0.0266. The lowest BCUT2D eigenvalue weighted by atomic mass is 10.3. The van der Waals surface area contributed by atoms with Crippen LogP contribution in [0.4, 0.5) is 5.69 Å². The molecule has 1 rings (SSSR count). The van der Waals surface area contributed by atoms with Gasteiger partial charge in [0.15, 0.2) is 5.96 Å². The molecule has 17 heavy (non-hydrogen) atoms. The summed E-state index contributed by atoms with van der Waals surface area (Å²) in [6.45, 7) is 4.01. The molecule has 0 aliphatic heterocycles. The highest BCUT2D eigenvalue weighted by atomic mass is 35.5. The second-order valence-corrected chi connectivity index (χ2v) is 3.70. The predicted molar refractivity (Wildman–Crippen MR) is 70.2 cm³/mol. The average Bonchev–Trinajstić information content (AvgIpc) is 2.29. The molecule has 1 aromatic rings. The molecule has 0 saturated heterocycles. The number of guanidine groups is 1. The Morgan fingerprint density at radius 2 is 2.00 bits per heavy atom. The molecular weight excluding hydrogens is 240 g/mol. The Morgan fingerprint density at radius 3 is 2.59 bits per heavy atom. The van der Waals surface area contributed by atoms with Gasteiger partial charge in [0.05, 0.1) is 6.61 Å². The van der Waals surface area contributed by atoms with E-state index in [9.17, 15) is 0 Å². The Labute approximate surface area is 105 Å². The number of nitrogens with one attached hydrogen (secondary N) is 4. The van der Waals surface area contributed by atoms with E-state index in [-0.39, 0.29) is 12.6 Å². The predicted octanol–water partition coefficient (Wildman–Crippen LogP) is 1.33. The van der Waals surface area contributed by atoms with Gasteiger partial charge < -0.3 is 21.1 Å². The fourth-order valence-corrected chi connectivity index (χ4v) is 1.24. The third-order valence-corrected chi connectivity index (χ3v) is 2.08. The highest BCUT2D eigenvalue weighted by Crippen LogP contribution is 2.13. The van der Waals surface area contributed by atoms with Crippen molar-refractivity contribution in [2.24, 2.45) is 0 Å². The highest BCUT2D eigenvalue weighted by Gasteiger charge is 1.98. The molecule has 5 nitrogen and oxygen atoms in total. The molecule has 0 saturated carbocycles. The summed E-state index contributed by atoms with van der Waals surface area (Å²) in [5, 5.41) is 25.0.